The van der Waals surface area contributed by atoms with Crippen LogP contribution in [0.5, 0.6) is 0 Å². The van der Waals surface area contributed by atoms with Crippen molar-refractivity contribution in [3.63, 3.8) is 0 Å². The van der Waals surface area contributed by atoms with Gasteiger partial charge in [0, 0.05) is 4.47 Å². The van der Waals surface area contributed by atoms with Crippen molar-refractivity contribution in [2.45, 2.75) is 39.0 Å². The summed E-state index contributed by atoms with van der Waals surface area (Å²) >= 11 is 3.67. The minimum absolute atomic E-state index is 1.11. The summed E-state index contributed by atoms with van der Waals surface area (Å²) < 4.78 is 1.28. The van der Waals surface area contributed by atoms with Crippen LogP contribution in [0.25, 0.3) is 6.08 Å². The molecule has 0 bridgehead atoms. The van der Waals surface area contributed by atoms with Crippen LogP contribution in [0.1, 0.15) is 42.9 Å². The number of aryl methyl sites for hydroxylation is 1. The highest BCUT2D eigenvalue weighted by atomic mass is 79.9. The van der Waals surface area contributed by atoms with Gasteiger partial charge in [-0.1, -0.05) is 53.9 Å². The maximum absolute atomic E-state index is 3.67. The standard InChI is InChI=1S/C14H17Br/c1-2-3-4-6-13-9-11-7-5-8-12(11)10-14(13)15/h5,8-10H,2-4,6-7H2,1H3. The molecule has 2 rings (SSSR count). The van der Waals surface area contributed by atoms with Gasteiger partial charge in [0.15, 0.2) is 0 Å². The highest BCUT2D eigenvalue weighted by Crippen LogP contribution is 2.28. The predicted molar refractivity (Wildman–Crippen MR) is 70.1 cm³/mol. The first-order valence-electron chi connectivity index (χ1n) is 5.79. The average Bonchev–Trinajstić information content (AvgIpc) is 2.65. The molecule has 0 unspecified atom stereocenters. The third-order valence-corrected chi connectivity index (χ3v) is 3.73. The van der Waals surface area contributed by atoms with Crippen molar-refractivity contribution in [3.05, 3.63) is 39.4 Å². The molecule has 0 nitrogen and oxygen atoms in total. The van der Waals surface area contributed by atoms with Gasteiger partial charge in [-0.05, 0) is 42.0 Å². The Kier molecular flexibility index (Phi) is 3.63. The van der Waals surface area contributed by atoms with E-state index in [4.69, 9.17) is 0 Å². The van der Waals surface area contributed by atoms with Crippen molar-refractivity contribution in [2.24, 2.45) is 0 Å². The molecule has 0 radical (unpaired) electrons. The van der Waals surface area contributed by atoms with Crippen LogP contribution in [-0.4, -0.2) is 0 Å². The molecule has 0 aliphatic heterocycles. The van der Waals surface area contributed by atoms with E-state index in [1.54, 1.807) is 0 Å². The Morgan fingerprint density at radius 2 is 2.13 bits per heavy atom. The van der Waals surface area contributed by atoms with Gasteiger partial charge in [-0.25, -0.2) is 0 Å². The second-order valence-electron chi connectivity index (χ2n) is 4.21. The van der Waals surface area contributed by atoms with Crippen LogP contribution in [0.2, 0.25) is 0 Å². The van der Waals surface area contributed by atoms with E-state index >= 15 is 0 Å². The zero-order chi connectivity index (χ0) is 10.7. The molecule has 1 aliphatic rings. The Balaban J connectivity index is 2.12. The Morgan fingerprint density at radius 3 is 2.93 bits per heavy atom. The van der Waals surface area contributed by atoms with E-state index in [-0.39, 0.29) is 0 Å². The number of benzene rings is 1. The van der Waals surface area contributed by atoms with Crippen LogP contribution < -0.4 is 0 Å². The van der Waals surface area contributed by atoms with Gasteiger partial charge in [-0.15, -0.1) is 0 Å². The van der Waals surface area contributed by atoms with Gasteiger partial charge < -0.3 is 0 Å². The molecule has 1 aromatic rings. The number of fused-ring (bicyclic) bond motifs is 1. The summed E-state index contributed by atoms with van der Waals surface area (Å²) in [4.78, 5) is 0. The van der Waals surface area contributed by atoms with Crippen LogP contribution >= 0.6 is 15.9 Å². The minimum Gasteiger partial charge on any atom is -0.0795 e. The van der Waals surface area contributed by atoms with Gasteiger partial charge in [-0.3, -0.25) is 0 Å². The highest BCUT2D eigenvalue weighted by Gasteiger charge is 2.09. The van der Waals surface area contributed by atoms with Crippen LogP contribution in [-0.2, 0) is 12.8 Å². The number of halogens is 1. The Labute approximate surface area is 101 Å². The zero-order valence-corrected chi connectivity index (χ0v) is 10.8. The largest absolute Gasteiger partial charge is 0.0795 e. The molecule has 1 aromatic carbocycles. The number of allylic oxidation sites excluding steroid dienone is 1. The third-order valence-electron chi connectivity index (χ3n) is 2.99. The molecule has 0 fully saturated rings. The highest BCUT2D eigenvalue weighted by molar-refractivity contribution is 9.10. The maximum Gasteiger partial charge on any atom is 0.0213 e. The van der Waals surface area contributed by atoms with Crippen molar-refractivity contribution < 1.29 is 0 Å². The van der Waals surface area contributed by atoms with E-state index in [9.17, 15) is 0 Å². The van der Waals surface area contributed by atoms with Crippen molar-refractivity contribution in [3.8, 4) is 0 Å². The number of unbranched alkanes of at least 4 members (excludes halogenated alkanes) is 2. The summed E-state index contributed by atoms with van der Waals surface area (Å²) in [5.74, 6) is 0. The van der Waals surface area contributed by atoms with Crippen molar-refractivity contribution >= 4 is 22.0 Å². The Bertz CT molecular complexity index is 377. The molecular formula is C14H17Br. The van der Waals surface area contributed by atoms with Crippen LogP contribution in [0.4, 0.5) is 0 Å². The quantitative estimate of drug-likeness (QED) is 0.689. The molecular weight excluding hydrogens is 248 g/mol. The summed E-state index contributed by atoms with van der Waals surface area (Å²) in [6, 6.07) is 4.63. The van der Waals surface area contributed by atoms with Crippen molar-refractivity contribution in [1.82, 2.24) is 0 Å². The lowest BCUT2D eigenvalue weighted by Gasteiger charge is -2.07. The number of hydrogen-bond acceptors (Lipinski definition) is 0. The molecule has 15 heavy (non-hydrogen) atoms. The molecule has 0 amide bonds. The molecule has 0 N–H and O–H groups in total. The molecule has 0 aromatic heterocycles. The fourth-order valence-electron chi connectivity index (χ4n) is 2.09. The van der Waals surface area contributed by atoms with E-state index in [1.165, 1.54) is 46.8 Å². The Morgan fingerprint density at radius 1 is 1.27 bits per heavy atom. The Hall–Kier alpha value is -0.560. The monoisotopic (exact) mass is 264 g/mol. The van der Waals surface area contributed by atoms with Crippen LogP contribution in [0.15, 0.2) is 22.7 Å². The molecule has 0 atom stereocenters. The summed E-state index contributed by atoms with van der Waals surface area (Å²) in [5, 5.41) is 0. The second-order valence-corrected chi connectivity index (χ2v) is 5.06. The minimum atomic E-state index is 1.11. The normalized spacial score (nSPS) is 13.2. The van der Waals surface area contributed by atoms with Gasteiger partial charge in [0.05, 0.1) is 0 Å². The van der Waals surface area contributed by atoms with Crippen LogP contribution in [0.3, 0.4) is 0 Å². The van der Waals surface area contributed by atoms with Gasteiger partial charge in [0.2, 0.25) is 0 Å². The van der Waals surface area contributed by atoms with E-state index < -0.39 is 0 Å². The molecule has 1 heteroatoms. The summed E-state index contributed by atoms with van der Waals surface area (Å²) in [6.07, 6.45) is 10.7. The SMILES string of the molecule is CCCCCc1cc2c(cc1Br)C=CC2. The fraction of sp³-hybridized carbons (Fsp3) is 0.429. The lowest BCUT2D eigenvalue weighted by molar-refractivity contribution is 0.716. The maximum atomic E-state index is 3.67. The second kappa shape index (κ2) is 4.98. The van der Waals surface area contributed by atoms with Crippen molar-refractivity contribution in [2.75, 3.05) is 0 Å². The lowest BCUT2D eigenvalue weighted by atomic mass is 10.0. The molecule has 80 valence electrons. The van der Waals surface area contributed by atoms with E-state index in [1.807, 2.05) is 0 Å². The first kappa shape index (κ1) is 10.9. The van der Waals surface area contributed by atoms with Gasteiger partial charge in [-0.2, -0.15) is 0 Å². The average molecular weight is 265 g/mol. The molecule has 1 aliphatic carbocycles. The third kappa shape index (κ3) is 2.52. The van der Waals surface area contributed by atoms with E-state index in [2.05, 4.69) is 47.1 Å². The van der Waals surface area contributed by atoms with Crippen molar-refractivity contribution in [1.29, 1.82) is 0 Å². The van der Waals surface area contributed by atoms with Gasteiger partial charge in [0.1, 0.15) is 0 Å². The summed E-state index contributed by atoms with van der Waals surface area (Å²) in [5.41, 5.74) is 4.36. The van der Waals surface area contributed by atoms with E-state index in [0.29, 0.717) is 0 Å². The zero-order valence-electron chi connectivity index (χ0n) is 9.22. The van der Waals surface area contributed by atoms with Gasteiger partial charge >= 0.3 is 0 Å². The number of hydrogen-bond donors (Lipinski definition) is 0. The van der Waals surface area contributed by atoms with E-state index in [0.717, 1.165) is 6.42 Å². The predicted octanol–water partition coefficient (Wildman–Crippen LogP) is 4.75. The molecule has 0 saturated heterocycles. The smallest absolute Gasteiger partial charge is 0.0213 e. The first-order valence-corrected chi connectivity index (χ1v) is 6.58. The van der Waals surface area contributed by atoms with Gasteiger partial charge in [0.25, 0.3) is 0 Å². The number of rotatable bonds is 4. The summed E-state index contributed by atoms with van der Waals surface area (Å²) in [7, 11) is 0. The van der Waals surface area contributed by atoms with Crippen LogP contribution in [0, 0.1) is 0 Å². The molecule has 0 saturated carbocycles. The fourth-order valence-corrected chi connectivity index (χ4v) is 2.65. The topological polar surface area (TPSA) is 0 Å². The summed E-state index contributed by atoms with van der Waals surface area (Å²) in [6.45, 7) is 2.25. The lowest BCUT2D eigenvalue weighted by Crippen LogP contribution is -1.91. The molecule has 0 spiro atoms. The first-order chi connectivity index (χ1) is 7.31. The molecule has 0 heterocycles.